The Morgan fingerprint density at radius 1 is 1.04 bits per heavy atom. The second-order valence-electron chi connectivity index (χ2n) is 6.44. The highest BCUT2D eigenvalue weighted by Gasteiger charge is 2.22. The third-order valence-corrected chi connectivity index (χ3v) is 4.22. The summed E-state index contributed by atoms with van der Waals surface area (Å²) in [5.74, 6) is -1.26. The van der Waals surface area contributed by atoms with Crippen LogP contribution in [0.4, 0.5) is 11.4 Å². The molecule has 2 rings (SSSR count). The molecule has 0 fully saturated rings. The van der Waals surface area contributed by atoms with Crippen molar-refractivity contribution in [1.82, 2.24) is 0 Å². The van der Waals surface area contributed by atoms with Gasteiger partial charge in [-0.25, -0.2) is 4.79 Å². The molecule has 1 N–H and O–H groups in total. The topological polar surface area (TPSA) is 75.7 Å². The first-order valence-corrected chi connectivity index (χ1v) is 8.57. The highest BCUT2D eigenvalue weighted by molar-refractivity contribution is 6.06. The number of carbonyl (C=O) groups excluding carboxylic acids is 3. The zero-order valence-corrected chi connectivity index (χ0v) is 16.3. The van der Waals surface area contributed by atoms with Gasteiger partial charge in [0, 0.05) is 12.6 Å². The van der Waals surface area contributed by atoms with Gasteiger partial charge in [-0.3, -0.25) is 9.59 Å². The number of methoxy groups -OCH3 is 1. The molecule has 0 bridgehead atoms. The average molecular weight is 368 g/mol. The van der Waals surface area contributed by atoms with Crippen LogP contribution in [-0.4, -0.2) is 31.4 Å². The summed E-state index contributed by atoms with van der Waals surface area (Å²) in [6.07, 6.45) is 0. The van der Waals surface area contributed by atoms with Crippen LogP contribution >= 0.6 is 0 Å². The molecule has 6 heteroatoms. The Labute approximate surface area is 159 Å². The number of amides is 2. The summed E-state index contributed by atoms with van der Waals surface area (Å²) in [6, 6.07) is 10.5. The van der Waals surface area contributed by atoms with E-state index in [0.29, 0.717) is 5.69 Å². The molecule has 0 saturated heterocycles. The van der Waals surface area contributed by atoms with Gasteiger partial charge in [-0.05, 0) is 44.0 Å². The zero-order valence-electron chi connectivity index (χ0n) is 16.3. The Bertz CT molecular complexity index is 866. The fraction of sp³-hybridized carbons (Fsp3) is 0.286. The molecule has 2 aromatic carbocycles. The lowest BCUT2D eigenvalue weighted by molar-refractivity contribution is -0.120. The Kier molecular flexibility index (Phi) is 6.34. The van der Waals surface area contributed by atoms with Crippen molar-refractivity contribution in [2.75, 3.05) is 23.9 Å². The maximum Gasteiger partial charge on any atom is 0.339 e. The lowest BCUT2D eigenvalue weighted by atomic mass is 10.1. The van der Waals surface area contributed by atoms with Crippen molar-refractivity contribution in [1.29, 1.82) is 0 Å². The molecule has 0 atom stereocenters. The molecule has 142 valence electrons. The minimum absolute atomic E-state index is 0.212. The van der Waals surface area contributed by atoms with E-state index in [-0.39, 0.29) is 23.9 Å². The van der Waals surface area contributed by atoms with Gasteiger partial charge in [-0.15, -0.1) is 0 Å². The maximum absolute atomic E-state index is 12.6. The van der Waals surface area contributed by atoms with Crippen LogP contribution < -0.4 is 10.2 Å². The van der Waals surface area contributed by atoms with Crippen molar-refractivity contribution in [3.8, 4) is 0 Å². The predicted octanol–water partition coefficient (Wildman–Crippen LogP) is 3.39. The highest BCUT2D eigenvalue weighted by atomic mass is 16.5. The van der Waals surface area contributed by atoms with Crippen LogP contribution in [0.15, 0.2) is 36.4 Å². The first-order chi connectivity index (χ1) is 12.7. The third kappa shape index (κ3) is 4.73. The van der Waals surface area contributed by atoms with E-state index in [0.717, 1.165) is 22.4 Å². The van der Waals surface area contributed by atoms with Crippen LogP contribution in [0.3, 0.4) is 0 Å². The van der Waals surface area contributed by atoms with Gasteiger partial charge in [0.2, 0.25) is 11.8 Å². The molecule has 2 amide bonds. The van der Waals surface area contributed by atoms with Gasteiger partial charge in [0.1, 0.15) is 6.54 Å². The van der Waals surface area contributed by atoms with Gasteiger partial charge in [0.05, 0.1) is 18.4 Å². The largest absolute Gasteiger partial charge is 0.465 e. The number of hydrogen-bond donors (Lipinski definition) is 1. The molecule has 0 aliphatic carbocycles. The summed E-state index contributed by atoms with van der Waals surface area (Å²) in [5.41, 5.74) is 4.31. The van der Waals surface area contributed by atoms with Crippen LogP contribution in [-0.2, 0) is 14.3 Å². The van der Waals surface area contributed by atoms with E-state index in [9.17, 15) is 14.4 Å². The van der Waals surface area contributed by atoms with Gasteiger partial charge in [0.25, 0.3) is 0 Å². The monoisotopic (exact) mass is 368 g/mol. The number of anilines is 2. The number of para-hydroxylation sites is 1. The number of rotatable bonds is 5. The Morgan fingerprint density at radius 3 is 2.19 bits per heavy atom. The van der Waals surface area contributed by atoms with E-state index in [1.54, 1.807) is 24.3 Å². The Morgan fingerprint density at radius 2 is 1.63 bits per heavy atom. The number of benzene rings is 2. The summed E-state index contributed by atoms with van der Waals surface area (Å²) in [7, 11) is 1.27. The quantitative estimate of drug-likeness (QED) is 0.821. The fourth-order valence-electron chi connectivity index (χ4n) is 3.06. The smallest absolute Gasteiger partial charge is 0.339 e. The number of nitrogens with zero attached hydrogens (tertiary/aromatic N) is 1. The number of hydrogen-bond acceptors (Lipinski definition) is 4. The van der Waals surface area contributed by atoms with Crippen LogP contribution in [0.25, 0.3) is 0 Å². The normalized spacial score (nSPS) is 10.3. The van der Waals surface area contributed by atoms with E-state index in [1.807, 2.05) is 32.9 Å². The SMILES string of the molecule is COC(=O)c1ccccc1N(CC(=O)Nc1c(C)cc(C)cc1C)C(C)=O. The first kappa shape index (κ1) is 20.2. The van der Waals surface area contributed by atoms with E-state index in [4.69, 9.17) is 4.74 Å². The van der Waals surface area contributed by atoms with E-state index < -0.39 is 5.97 Å². The molecule has 0 spiro atoms. The average Bonchev–Trinajstić information content (AvgIpc) is 2.61. The summed E-state index contributed by atoms with van der Waals surface area (Å²) in [4.78, 5) is 38.1. The van der Waals surface area contributed by atoms with Crippen molar-refractivity contribution < 1.29 is 19.1 Å². The molecule has 0 unspecified atom stereocenters. The molecular formula is C21H24N2O4. The maximum atomic E-state index is 12.6. The summed E-state index contributed by atoms with van der Waals surface area (Å²) < 4.78 is 4.77. The summed E-state index contributed by atoms with van der Waals surface area (Å²) >= 11 is 0. The second-order valence-corrected chi connectivity index (χ2v) is 6.44. The van der Waals surface area contributed by atoms with Crippen molar-refractivity contribution in [3.63, 3.8) is 0 Å². The van der Waals surface area contributed by atoms with E-state index in [1.165, 1.54) is 18.9 Å². The molecule has 27 heavy (non-hydrogen) atoms. The van der Waals surface area contributed by atoms with E-state index >= 15 is 0 Å². The number of carbonyl (C=O) groups is 3. The van der Waals surface area contributed by atoms with Gasteiger partial charge in [-0.1, -0.05) is 29.8 Å². The Hall–Kier alpha value is -3.15. The zero-order chi connectivity index (χ0) is 20.1. The Balaban J connectivity index is 2.29. The number of aryl methyl sites for hydroxylation is 3. The van der Waals surface area contributed by atoms with E-state index in [2.05, 4.69) is 5.32 Å². The molecule has 0 heterocycles. The highest BCUT2D eigenvalue weighted by Crippen LogP contribution is 2.24. The van der Waals surface area contributed by atoms with Gasteiger partial charge >= 0.3 is 5.97 Å². The molecule has 0 radical (unpaired) electrons. The predicted molar refractivity (Wildman–Crippen MR) is 105 cm³/mol. The van der Waals surface area contributed by atoms with Crippen molar-refractivity contribution in [2.45, 2.75) is 27.7 Å². The van der Waals surface area contributed by atoms with Crippen LogP contribution in [0.2, 0.25) is 0 Å². The molecular weight excluding hydrogens is 344 g/mol. The second kappa shape index (κ2) is 8.49. The summed E-state index contributed by atoms with van der Waals surface area (Å²) in [5, 5.41) is 2.87. The van der Waals surface area contributed by atoms with Crippen LogP contribution in [0.1, 0.15) is 34.0 Å². The van der Waals surface area contributed by atoms with Crippen molar-refractivity contribution in [3.05, 3.63) is 58.7 Å². The van der Waals surface area contributed by atoms with Crippen molar-refractivity contribution >= 4 is 29.2 Å². The summed E-state index contributed by atoms with van der Waals surface area (Å²) in [6.45, 7) is 6.97. The minimum Gasteiger partial charge on any atom is -0.465 e. The lowest BCUT2D eigenvalue weighted by Gasteiger charge is -2.23. The fourth-order valence-corrected chi connectivity index (χ4v) is 3.06. The van der Waals surface area contributed by atoms with Gasteiger partial charge in [-0.2, -0.15) is 0 Å². The standard InChI is InChI=1S/C21H24N2O4/c1-13-10-14(2)20(15(3)11-13)22-19(25)12-23(16(4)24)18-9-7-6-8-17(18)21(26)27-5/h6-11H,12H2,1-5H3,(H,22,25). The third-order valence-electron chi connectivity index (χ3n) is 4.22. The number of ether oxygens (including phenoxy) is 1. The first-order valence-electron chi connectivity index (χ1n) is 8.57. The molecule has 0 aromatic heterocycles. The number of nitrogens with one attached hydrogen (secondary N) is 1. The minimum atomic E-state index is -0.567. The van der Waals surface area contributed by atoms with Crippen molar-refractivity contribution in [2.24, 2.45) is 0 Å². The van der Waals surface area contributed by atoms with Crippen LogP contribution in [0, 0.1) is 20.8 Å². The molecule has 0 saturated carbocycles. The van der Waals surface area contributed by atoms with Crippen LogP contribution in [0.5, 0.6) is 0 Å². The molecule has 0 aliphatic heterocycles. The lowest BCUT2D eigenvalue weighted by Crippen LogP contribution is -2.37. The molecule has 6 nitrogen and oxygen atoms in total. The van der Waals surface area contributed by atoms with Gasteiger partial charge in [0.15, 0.2) is 0 Å². The molecule has 0 aliphatic rings. The number of esters is 1. The molecule has 2 aromatic rings. The van der Waals surface area contributed by atoms with Gasteiger partial charge < -0.3 is 15.0 Å².